The van der Waals surface area contributed by atoms with Crippen LogP contribution in [-0.2, 0) is 0 Å². The van der Waals surface area contributed by atoms with Crippen LogP contribution in [0.1, 0.15) is 46.7 Å². The maximum absolute atomic E-state index is 12.5. The van der Waals surface area contributed by atoms with E-state index < -0.39 is 5.54 Å². The lowest BCUT2D eigenvalue weighted by atomic mass is 9.92. The summed E-state index contributed by atoms with van der Waals surface area (Å²) in [6.07, 6.45) is 1.53. The number of hydrogen-bond acceptors (Lipinski definition) is 4. The first-order valence-electron chi connectivity index (χ1n) is 8.01. The Morgan fingerprint density at radius 2 is 1.84 bits per heavy atom. The Labute approximate surface area is 158 Å². The van der Waals surface area contributed by atoms with Gasteiger partial charge in [-0.25, -0.2) is 0 Å². The van der Waals surface area contributed by atoms with Gasteiger partial charge in [-0.1, -0.05) is 26.0 Å². The Hall–Kier alpha value is -1.89. The lowest BCUT2D eigenvalue weighted by Gasteiger charge is -2.31. The molecule has 1 heterocycles. The normalized spacial score (nSPS) is 10.7. The smallest absolute Gasteiger partial charge is 0.265 e. The van der Waals surface area contributed by atoms with E-state index in [1.54, 1.807) is 30.3 Å². The molecule has 5 nitrogen and oxygen atoms in total. The monoisotopic (exact) mass is 381 g/mol. The number of nitrogens with two attached hydrogens (primary N) is 1. The molecule has 0 saturated heterocycles. The molecule has 0 spiro atoms. The lowest BCUT2D eigenvalue weighted by molar-refractivity contribution is 0.0894. The molecule has 0 aliphatic rings. The predicted octanol–water partition coefficient (Wildman–Crippen LogP) is 3.67. The van der Waals surface area contributed by atoms with Crippen LogP contribution in [0.5, 0.6) is 0 Å². The third kappa shape index (κ3) is 5.29. The van der Waals surface area contributed by atoms with Crippen LogP contribution in [0.15, 0.2) is 41.8 Å². The van der Waals surface area contributed by atoms with Crippen LogP contribution in [-0.4, -0.2) is 23.9 Å². The number of carbonyl (C=O) groups is 2. The van der Waals surface area contributed by atoms with E-state index in [0.717, 1.165) is 12.8 Å². The van der Waals surface area contributed by atoms with E-state index >= 15 is 0 Å². The molecule has 0 atom stereocenters. The van der Waals surface area contributed by atoms with Crippen LogP contribution < -0.4 is 16.4 Å². The Kier molecular flexibility index (Phi) is 8.09. The Morgan fingerprint density at radius 1 is 1.12 bits per heavy atom. The Balaban J connectivity index is 0.00000312. The van der Waals surface area contributed by atoms with Crippen LogP contribution >= 0.6 is 23.7 Å². The van der Waals surface area contributed by atoms with Crippen LogP contribution in [0, 0.1) is 0 Å². The topological polar surface area (TPSA) is 84.2 Å². The van der Waals surface area contributed by atoms with Gasteiger partial charge in [0.1, 0.15) is 0 Å². The summed E-state index contributed by atoms with van der Waals surface area (Å²) in [5.41, 5.74) is 6.53. The zero-order valence-electron chi connectivity index (χ0n) is 14.4. The van der Waals surface area contributed by atoms with Crippen molar-refractivity contribution in [2.75, 3.05) is 11.9 Å². The summed E-state index contributed by atoms with van der Waals surface area (Å²) in [5, 5.41) is 7.69. The summed E-state index contributed by atoms with van der Waals surface area (Å²) < 4.78 is 0. The predicted molar refractivity (Wildman–Crippen MR) is 106 cm³/mol. The largest absolute Gasteiger partial charge is 0.345 e. The number of nitrogens with one attached hydrogen (secondary N) is 2. The van der Waals surface area contributed by atoms with Gasteiger partial charge in [-0.05, 0) is 42.5 Å². The quantitative estimate of drug-likeness (QED) is 0.684. The van der Waals surface area contributed by atoms with E-state index in [1.807, 2.05) is 25.3 Å². The van der Waals surface area contributed by atoms with Crippen molar-refractivity contribution < 1.29 is 9.59 Å². The molecule has 2 rings (SSSR count). The molecule has 2 amide bonds. The molecule has 2 aromatic rings. The fraction of sp³-hybridized carbons (Fsp3) is 0.333. The maximum atomic E-state index is 12.5. The minimum atomic E-state index is -0.396. The van der Waals surface area contributed by atoms with E-state index in [0.29, 0.717) is 22.7 Å². The van der Waals surface area contributed by atoms with Gasteiger partial charge in [0.2, 0.25) is 0 Å². The zero-order valence-corrected chi connectivity index (χ0v) is 16.0. The molecule has 25 heavy (non-hydrogen) atoms. The number of carbonyl (C=O) groups excluding carboxylic acids is 2. The third-order valence-corrected chi connectivity index (χ3v) is 5.12. The van der Waals surface area contributed by atoms with Gasteiger partial charge >= 0.3 is 0 Å². The number of thiophene rings is 1. The fourth-order valence-corrected chi connectivity index (χ4v) is 3.04. The number of amides is 2. The molecule has 0 aliphatic carbocycles. The zero-order chi connectivity index (χ0) is 17.6. The summed E-state index contributed by atoms with van der Waals surface area (Å²) in [4.78, 5) is 25.3. The molecular formula is C18H24ClN3O2S. The molecule has 0 unspecified atom stereocenters. The van der Waals surface area contributed by atoms with E-state index in [9.17, 15) is 9.59 Å². The van der Waals surface area contributed by atoms with Crippen molar-refractivity contribution in [1.29, 1.82) is 0 Å². The maximum Gasteiger partial charge on any atom is 0.265 e. The van der Waals surface area contributed by atoms with E-state index in [2.05, 4.69) is 10.6 Å². The summed E-state index contributed by atoms with van der Waals surface area (Å²) in [6.45, 7) is 4.41. The van der Waals surface area contributed by atoms with Crippen LogP contribution in [0.4, 0.5) is 5.69 Å². The van der Waals surface area contributed by atoms with Crippen LogP contribution in [0.25, 0.3) is 0 Å². The van der Waals surface area contributed by atoms with Gasteiger partial charge < -0.3 is 16.4 Å². The van der Waals surface area contributed by atoms with Gasteiger partial charge in [-0.3, -0.25) is 9.59 Å². The number of anilines is 1. The number of hydrogen-bond donors (Lipinski definition) is 3. The first-order valence-corrected chi connectivity index (χ1v) is 8.89. The van der Waals surface area contributed by atoms with Crippen LogP contribution in [0.3, 0.4) is 0 Å². The SMILES string of the molecule is CCC(CC)(CN)NC(=O)c1cccc(NC(=O)c2cccs2)c1.Cl. The van der Waals surface area contributed by atoms with E-state index in [-0.39, 0.29) is 24.2 Å². The van der Waals surface area contributed by atoms with Crippen molar-refractivity contribution in [3.8, 4) is 0 Å². The summed E-state index contributed by atoms with van der Waals surface area (Å²) in [6, 6.07) is 10.5. The van der Waals surface area contributed by atoms with Crippen molar-refractivity contribution in [3.63, 3.8) is 0 Å². The minimum absolute atomic E-state index is 0. The molecule has 136 valence electrons. The second kappa shape index (κ2) is 9.56. The van der Waals surface area contributed by atoms with Gasteiger partial charge in [-0.15, -0.1) is 23.7 Å². The highest BCUT2D eigenvalue weighted by Gasteiger charge is 2.26. The molecule has 0 fully saturated rings. The van der Waals surface area contributed by atoms with Gasteiger partial charge in [0.25, 0.3) is 11.8 Å². The van der Waals surface area contributed by atoms with E-state index in [4.69, 9.17) is 5.73 Å². The second-order valence-electron chi connectivity index (χ2n) is 5.66. The van der Waals surface area contributed by atoms with Gasteiger partial charge in [0, 0.05) is 17.8 Å². The first kappa shape index (κ1) is 21.2. The molecule has 4 N–H and O–H groups in total. The Morgan fingerprint density at radius 3 is 2.40 bits per heavy atom. The summed E-state index contributed by atoms with van der Waals surface area (Å²) in [7, 11) is 0. The summed E-state index contributed by atoms with van der Waals surface area (Å²) >= 11 is 1.37. The van der Waals surface area contributed by atoms with Crippen molar-refractivity contribution in [1.82, 2.24) is 5.32 Å². The minimum Gasteiger partial charge on any atom is -0.345 e. The Bertz CT molecular complexity index is 692. The number of benzene rings is 1. The van der Waals surface area contributed by atoms with Crippen molar-refractivity contribution in [3.05, 3.63) is 52.2 Å². The van der Waals surface area contributed by atoms with Crippen molar-refractivity contribution >= 4 is 41.2 Å². The van der Waals surface area contributed by atoms with Crippen LogP contribution in [0.2, 0.25) is 0 Å². The molecule has 1 aromatic heterocycles. The first-order chi connectivity index (χ1) is 11.5. The van der Waals surface area contributed by atoms with Crippen molar-refractivity contribution in [2.24, 2.45) is 5.73 Å². The average Bonchev–Trinajstić information content (AvgIpc) is 3.15. The van der Waals surface area contributed by atoms with Gasteiger partial charge in [0.15, 0.2) is 0 Å². The molecule has 0 bridgehead atoms. The van der Waals surface area contributed by atoms with E-state index in [1.165, 1.54) is 11.3 Å². The molecule has 0 radical (unpaired) electrons. The molecular weight excluding hydrogens is 358 g/mol. The average molecular weight is 382 g/mol. The molecule has 0 aliphatic heterocycles. The highest BCUT2D eigenvalue weighted by atomic mass is 35.5. The van der Waals surface area contributed by atoms with Gasteiger partial charge in [-0.2, -0.15) is 0 Å². The molecule has 1 aromatic carbocycles. The number of rotatable bonds is 7. The second-order valence-corrected chi connectivity index (χ2v) is 6.61. The highest BCUT2D eigenvalue weighted by Crippen LogP contribution is 2.17. The molecule has 0 saturated carbocycles. The standard InChI is InChI=1S/C18H23N3O2S.ClH/c1-3-18(4-2,12-19)21-16(22)13-7-5-8-14(11-13)20-17(23)15-9-6-10-24-15;/h5-11H,3-4,12,19H2,1-2H3,(H,20,23)(H,21,22);1H. The fourth-order valence-electron chi connectivity index (χ4n) is 2.42. The van der Waals surface area contributed by atoms with Crippen molar-refractivity contribution in [2.45, 2.75) is 32.2 Å². The lowest BCUT2D eigenvalue weighted by Crippen LogP contribution is -2.52. The summed E-state index contributed by atoms with van der Waals surface area (Å²) in [5.74, 6) is -0.364. The number of halogens is 1. The van der Waals surface area contributed by atoms with Gasteiger partial charge in [0.05, 0.1) is 10.4 Å². The highest BCUT2D eigenvalue weighted by molar-refractivity contribution is 7.12. The third-order valence-electron chi connectivity index (χ3n) is 4.25. The molecule has 7 heteroatoms.